The first-order chi connectivity index (χ1) is 13.9. The van der Waals surface area contributed by atoms with Crippen LogP contribution in [0, 0.1) is 12.8 Å². The second-order valence-electron chi connectivity index (χ2n) is 7.14. The van der Waals surface area contributed by atoms with E-state index < -0.39 is 0 Å². The summed E-state index contributed by atoms with van der Waals surface area (Å²) in [4.78, 5) is 29.3. The molecule has 0 spiro atoms. The summed E-state index contributed by atoms with van der Waals surface area (Å²) < 4.78 is 0. The number of rotatable bonds is 6. The molecule has 1 heterocycles. The van der Waals surface area contributed by atoms with E-state index in [0.29, 0.717) is 22.8 Å². The molecule has 2 amide bonds. The van der Waals surface area contributed by atoms with Crippen LogP contribution < -0.4 is 10.6 Å². The fourth-order valence-electron chi connectivity index (χ4n) is 2.96. The first-order valence-corrected chi connectivity index (χ1v) is 10.00. The number of anilines is 1. The van der Waals surface area contributed by atoms with Gasteiger partial charge in [0.25, 0.3) is 5.91 Å². The smallest absolute Gasteiger partial charge is 0.253 e. The van der Waals surface area contributed by atoms with Crippen LogP contribution in [-0.2, 0) is 11.3 Å². The van der Waals surface area contributed by atoms with E-state index in [9.17, 15) is 9.59 Å². The number of nitrogens with zero attached hydrogens (tertiary/aromatic N) is 1. The van der Waals surface area contributed by atoms with E-state index >= 15 is 0 Å². The summed E-state index contributed by atoms with van der Waals surface area (Å²) in [6.07, 6.45) is 0.784. The molecule has 0 aliphatic heterocycles. The first-order valence-electron chi connectivity index (χ1n) is 9.62. The Balaban J connectivity index is 1.71. The molecule has 0 aliphatic rings. The van der Waals surface area contributed by atoms with Gasteiger partial charge in [0.15, 0.2) is 0 Å². The van der Waals surface area contributed by atoms with E-state index in [4.69, 9.17) is 11.6 Å². The highest BCUT2D eigenvalue weighted by molar-refractivity contribution is 6.31. The molecule has 3 aromatic rings. The molecule has 0 aliphatic carbocycles. The van der Waals surface area contributed by atoms with Gasteiger partial charge in [-0.1, -0.05) is 37.6 Å². The first kappa shape index (κ1) is 20.8. The summed E-state index contributed by atoms with van der Waals surface area (Å²) in [7, 11) is 0. The molecule has 3 rings (SSSR count). The molecular formula is C23H24ClN3O2. The van der Waals surface area contributed by atoms with Crippen molar-refractivity contribution in [3.05, 3.63) is 70.4 Å². The maximum atomic E-state index is 12.7. The number of nitrogens with one attached hydrogen (secondary N) is 2. The standard InChI is InChI=1S/C23H24ClN3O2/c1-4-14(2)22(28)27-19-7-5-6-16(10-19)13-25-23(29)20-12-17-11-18(24)8-9-21(17)26-15(20)3/h5-12,14H,4,13H2,1-3H3,(H,25,29)(H,27,28). The lowest BCUT2D eigenvalue weighted by Crippen LogP contribution is -2.24. The predicted molar refractivity (Wildman–Crippen MR) is 117 cm³/mol. The summed E-state index contributed by atoms with van der Waals surface area (Å²) in [5.74, 6) is -0.258. The number of amides is 2. The van der Waals surface area contributed by atoms with E-state index in [1.807, 2.05) is 57.2 Å². The topological polar surface area (TPSA) is 71.1 Å². The van der Waals surface area contributed by atoms with Crippen LogP contribution in [0.25, 0.3) is 10.9 Å². The molecule has 150 valence electrons. The van der Waals surface area contributed by atoms with Gasteiger partial charge < -0.3 is 10.6 Å². The van der Waals surface area contributed by atoms with Crippen molar-refractivity contribution in [3.8, 4) is 0 Å². The molecule has 0 saturated heterocycles. The van der Waals surface area contributed by atoms with Crippen molar-refractivity contribution in [3.63, 3.8) is 0 Å². The van der Waals surface area contributed by atoms with Gasteiger partial charge in [0.1, 0.15) is 0 Å². The van der Waals surface area contributed by atoms with Crippen LogP contribution in [0.15, 0.2) is 48.5 Å². The molecular weight excluding hydrogens is 386 g/mol. The summed E-state index contributed by atoms with van der Waals surface area (Å²) in [6, 6.07) is 14.7. The third kappa shape index (κ3) is 5.12. The number of pyridine rings is 1. The molecule has 29 heavy (non-hydrogen) atoms. The molecule has 5 nitrogen and oxygen atoms in total. The Hall–Kier alpha value is -2.92. The number of aromatic nitrogens is 1. The lowest BCUT2D eigenvalue weighted by molar-refractivity contribution is -0.119. The lowest BCUT2D eigenvalue weighted by Gasteiger charge is -2.12. The van der Waals surface area contributed by atoms with E-state index in [2.05, 4.69) is 15.6 Å². The number of aryl methyl sites for hydroxylation is 1. The van der Waals surface area contributed by atoms with Gasteiger partial charge in [-0.05, 0) is 55.3 Å². The molecule has 1 atom stereocenters. The van der Waals surface area contributed by atoms with Crippen molar-refractivity contribution in [1.82, 2.24) is 10.3 Å². The fourth-order valence-corrected chi connectivity index (χ4v) is 3.14. The molecule has 2 aromatic carbocycles. The monoisotopic (exact) mass is 409 g/mol. The predicted octanol–water partition coefficient (Wildman–Crippen LogP) is 5.11. The second-order valence-corrected chi connectivity index (χ2v) is 7.58. The molecule has 1 aromatic heterocycles. The van der Waals surface area contributed by atoms with Crippen molar-refractivity contribution in [2.24, 2.45) is 5.92 Å². The Morgan fingerprint density at radius 3 is 2.69 bits per heavy atom. The minimum atomic E-state index is -0.203. The van der Waals surface area contributed by atoms with Crippen LogP contribution in [-0.4, -0.2) is 16.8 Å². The Morgan fingerprint density at radius 1 is 1.14 bits per heavy atom. The van der Waals surface area contributed by atoms with Crippen molar-refractivity contribution in [2.75, 3.05) is 5.32 Å². The van der Waals surface area contributed by atoms with Crippen molar-refractivity contribution in [2.45, 2.75) is 33.7 Å². The Morgan fingerprint density at radius 2 is 1.93 bits per heavy atom. The fraction of sp³-hybridized carbons (Fsp3) is 0.261. The molecule has 0 bridgehead atoms. The minimum absolute atomic E-state index is 0.00907. The van der Waals surface area contributed by atoms with Crippen LogP contribution in [0.5, 0.6) is 0 Å². The van der Waals surface area contributed by atoms with Crippen LogP contribution in [0.2, 0.25) is 5.02 Å². The zero-order valence-electron chi connectivity index (χ0n) is 16.8. The quantitative estimate of drug-likeness (QED) is 0.594. The average Bonchev–Trinajstić information content (AvgIpc) is 2.71. The van der Waals surface area contributed by atoms with E-state index in [0.717, 1.165) is 28.6 Å². The maximum Gasteiger partial charge on any atom is 0.253 e. The average molecular weight is 410 g/mol. The molecule has 0 radical (unpaired) electrons. The van der Waals surface area contributed by atoms with Crippen molar-refractivity contribution in [1.29, 1.82) is 0 Å². The highest BCUT2D eigenvalue weighted by Crippen LogP contribution is 2.21. The highest BCUT2D eigenvalue weighted by atomic mass is 35.5. The third-order valence-electron chi connectivity index (χ3n) is 4.92. The number of hydrogen-bond acceptors (Lipinski definition) is 3. The molecule has 1 unspecified atom stereocenters. The van der Waals surface area contributed by atoms with E-state index in [1.54, 1.807) is 12.1 Å². The highest BCUT2D eigenvalue weighted by Gasteiger charge is 2.13. The maximum absolute atomic E-state index is 12.7. The van der Waals surface area contributed by atoms with Crippen LogP contribution >= 0.6 is 11.6 Å². The van der Waals surface area contributed by atoms with Crippen molar-refractivity contribution < 1.29 is 9.59 Å². The zero-order valence-corrected chi connectivity index (χ0v) is 17.5. The molecule has 0 saturated carbocycles. The zero-order chi connectivity index (χ0) is 21.0. The van der Waals surface area contributed by atoms with Crippen LogP contribution in [0.3, 0.4) is 0 Å². The number of carbonyl (C=O) groups is 2. The lowest BCUT2D eigenvalue weighted by atomic mass is 10.1. The van der Waals surface area contributed by atoms with Gasteiger partial charge >= 0.3 is 0 Å². The summed E-state index contributed by atoms with van der Waals surface area (Å²) >= 11 is 6.05. The largest absolute Gasteiger partial charge is 0.348 e. The Bertz CT molecular complexity index is 1070. The van der Waals surface area contributed by atoms with Crippen LogP contribution in [0.1, 0.15) is 41.9 Å². The van der Waals surface area contributed by atoms with E-state index in [-0.39, 0.29) is 17.7 Å². The number of halogens is 1. The normalized spacial score (nSPS) is 11.9. The van der Waals surface area contributed by atoms with E-state index in [1.165, 1.54) is 0 Å². The van der Waals surface area contributed by atoms with Gasteiger partial charge in [-0.3, -0.25) is 14.6 Å². The van der Waals surface area contributed by atoms with Gasteiger partial charge in [0.2, 0.25) is 5.91 Å². The summed E-state index contributed by atoms with van der Waals surface area (Å²) in [6.45, 7) is 6.03. The number of benzene rings is 2. The third-order valence-corrected chi connectivity index (χ3v) is 5.15. The van der Waals surface area contributed by atoms with Gasteiger partial charge in [-0.25, -0.2) is 0 Å². The van der Waals surface area contributed by atoms with Gasteiger partial charge in [0.05, 0.1) is 16.8 Å². The Labute approximate surface area is 175 Å². The van der Waals surface area contributed by atoms with Crippen LogP contribution in [0.4, 0.5) is 5.69 Å². The number of hydrogen-bond donors (Lipinski definition) is 2. The van der Waals surface area contributed by atoms with Gasteiger partial charge in [-0.2, -0.15) is 0 Å². The summed E-state index contributed by atoms with van der Waals surface area (Å²) in [5.41, 5.74) is 3.59. The van der Waals surface area contributed by atoms with Crippen molar-refractivity contribution >= 4 is 40.0 Å². The number of fused-ring (bicyclic) bond motifs is 1. The number of carbonyl (C=O) groups excluding carboxylic acids is 2. The SMILES string of the molecule is CCC(C)C(=O)Nc1cccc(CNC(=O)c2cc3cc(Cl)ccc3nc2C)c1. The van der Waals surface area contributed by atoms with Gasteiger partial charge in [-0.15, -0.1) is 0 Å². The summed E-state index contributed by atoms with van der Waals surface area (Å²) in [5, 5.41) is 7.26. The van der Waals surface area contributed by atoms with Gasteiger partial charge in [0, 0.05) is 28.6 Å². The second kappa shape index (κ2) is 9.05. The Kier molecular flexibility index (Phi) is 6.49. The molecule has 6 heteroatoms. The molecule has 0 fully saturated rings. The minimum Gasteiger partial charge on any atom is -0.348 e. The molecule has 2 N–H and O–H groups in total.